The van der Waals surface area contributed by atoms with Crippen LogP contribution in [-0.2, 0) is 14.3 Å². The van der Waals surface area contributed by atoms with E-state index in [1.165, 1.54) is 70.6 Å². The Hall–Kier alpha value is -1.32. The SMILES string of the molecule is CCCCCCCC/C=C\CCCCCCCC(=O)OC(C)CCCC(=O)O. The lowest BCUT2D eigenvalue weighted by Crippen LogP contribution is -2.15. The van der Waals surface area contributed by atoms with Crippen LogP contribution in [0.25, 0.3) is 0 Å². The Balaban J connectivity index is 3.34. The Morgan fingerprint density at radius 1 is 0.786 bits per heavy atom. The van der Waals surface area contributed by atoms with Crippen molar-refractivity contribution in [2.24, 2.45) is 0 Å². The number of esters is 1. The van der Waals surface area contributed by atoms with E-state index in [1.54, 1.807) is 0 Å². The first-order chi connectivity index (χ1) is 13.6. The normalized spacial score (nSPS) is 12.4. The molecule has 0 heterocycles. The number of carbonyl (C=O) groups excluding carboxylic acids is 1. The molecule has 1 unspecified atom stereocenters. The second-order valence-electron chi connectivity index (χ2n) is 7.92. The van der Waals surface area contributed by atoms with Crippen molar-refractivity contribution in [3.8, 4) is 0 Å². The predicted molar refractivity (Wildman–Crippen MR) is 116 cm³/mol. The quantitative estimate of drug-likeness (QED) is 0.134. The fraction of sp³-hybridized carbons (Fsp3) is 0.833. The van der Waals surface area contributed by atoms with Crippen molar-refractivity contribution < 1.29 is 19.4 Å². The zero-order chi connectivity index (χ0) is 20.9. The molecule has 0 aliphatic rings. The highest BCUT2D eigenvalue weighted by atomic mass is 16.5. The van der Waals surface area contributed by atoms with Crippen LogP contribution in [0.3, 0.4) is 0 Å². The lowest BCUT2D eigenvalue weighted by molar-refractivity contribution is -0.148. The number of rotatable bonds is 20. The van der Waals surface area contributed by atoms with Crippen molar-refractivity contribution in [2.75, 3.05) is 0 Å². The highest BCUT2D eigenvalue weighted by Gasteiger charge is 2.09. The summed E-state index contributed by atoms with van der Waals surface area (Å²) in [4.78, 5) is 22.2. The zero-order valence-corrected chi connectivity index (χ0v) is 18.4. The number of carbonyl (C=O) groups is 2. The predicted octanol–water partition coefficient (Wildman–Crippen LogP) is 7.21. The van der Waals surface area contributed by atoms with Crippen LogP contribution in [0.5, 0.6) is 0 Å². The molecular weight excluding hydrogens is 352 g/mol. The Morgan fingerprint density at radius 2 is 1.32 bits per heavy atom. The van der Waals surface area contributed by atoms with E-state index in [9.17, 15) is 9.59 Å². The monoisotopic (exact) mass is 396 g/mol. The van der Waals surface area contributed by atoms with Crippen LogP contribution in [0, 0.1) is 0 Å². The average molecular weight is 397 g/mol. The summed E-state index contributed by atoms with van der Waals surface area (Å²) in [5, 5.41) is 8.60. The van der Waals surface area contributed by atoms with Crippen molar-refractivity contribution in [3.63, 3.8) is 0 Å². The molecule has 4 heteroatoms. The lowest BCUT2D eigenvalue weighted by atomic mass is 10.1. The molecule has 0 aromatic heterocycles. The van der Waals surface area contributed by atoms with Gasteiger partial charge in [0.05, 0.1) is 6.10 Å². The smallest absolute Gasteiger partial charge is 0.306 e. The van der Waals surface area contributed by atoms with Gasteiger partial charge in [-0.3, -0.25) is 9.59 Å². The van der Waals surface area contributed by atoms with E-state index in [2.05, 4.69) is 19.1 Å². The summed E-state index contributed by atoms with van der Waals surface area (Å²) in [5.41, 5.74) is 0. The van der Waals surface area contributed by atoms with Crippen molar-refractivity contribution in [2.45, 2.75) is 129 Å². The fourth-order valence-corrected chi connectivity index (χ4v) is 3.22. The minimum Gasteiger partial charge on any atom is -0.481 e. The molecule has 0 aromatic rings. The molecule has 0 saturated heterocycles. The van der Waals surface area contributed by atoms with Crippen molar-refractivity contribution in [1.29, 1.82) is 0 Å². The largest absolute Gasteiger partial charge is 0.481 e. The van der Waals surface area contributed by atoms with Gasteiger partial charge in [0.15, 0.2) is 0 Å². The van der Waals surface area contributed by atoms with Crippen LogP contribution in [0.4, 0.5) is 0 Å². The zero-order valence-electron chi connectivity index (χ0n) is 18.4. The van der Waals surface area contributed by atoms with E-state index in [0.717, 1.165) is 12.8 Å². The summed E-state index contributed by atoms with van der Waals surface area (Å²) in [6.45, 7) is 4.09. The maximum absolute atomic E-state index is 11.7. The molecular formula is C24H44O4. The number of unbranched alkanes of at least 4 members (excludes halogenated alkanes) is 11. The van der Waals surface area contributed by atoms with Gasteiger partial charge in [0, 0.05) is 12.8 Å². The minimum absolute atomic E-state index is 0.135. The third-order valence-corrected chi connectivity index (χ3v) is 4.98. The van der Waals surface area contributed by atoms with Crippen LogP contribution in [0.15, 0.2) is 12.2 Å². The van der Waals surface area contributed by atoms with Gasteiger partial charge in [0.1, 0.15) is 0 Å². The van der Waals surface area contributed by atoms with Gasteiger partial charge in [-0.15, -0.1) is 0 Å². The summed E-state index contributed by atoms with van der Waals surface area (Å²) in [5.74, 6) is -0.952. The van der Waals surface area contributed by atoms with E-state index in [4.69, 9.17) is 9.84 Å². The first-order valence-corrected chi connectivity index (χ1v) is 11.6. The molecule has 4 nitrogen and oxygen atoms in total. The number of ether oxygens (including phenoxy) is 1. The van der Waals surface area contributed by atoms with Crippen LogP contribution < -0.4 is 0 Å². The van der Waals surface area contributed by atoms with E-state index < -0.39 is 5.97 Å². The van der Waals surface area contributed by atoms with Gasteiger partial charge in [-0.25, -0.2) is 0 Å². The average Bonchev–Trinajstić information content (AvgIpc) is 2.64. The number of aliphatic carboxylic acids is 1. The molecule has 0 aliphatic carbocycles. The van der Waals surface area contributed by atoms with Crippen molar-refractivity contribution in [3.05, 3.63) is 12.2 Å². The molecule has 164 valence electrons. The van der Waals surface area contributed by atoms with Crippen molar-refractivity contribution in [1.82, 2.24) is 0 Å². The molecule has 0 fully saturated rings. The molecule has 0 spiro atoms. The molecule has 1 N–H and O–H groups in total. The summed E-state index contributed by atoms with van der Waals surface area (Å²) >= 11 is 0. The summed E-state index contributed by atoms with van der Waals surface area (Å²) in [6.07, 6.45) is 22.4. The van der Waals surface area contributed by atoms with E-state index in [0.29, 0.717) is 19.3 Å². The minimum atomic E-state index is -0.799. The second-order valence-corrected chi connectivity index (χ2v) is 7.92. The van der Waals surface area contributed by atoms with Gasteiger partial charge in [-0.2, -0.15) is 0 Å². The standard InChI is InChI=1S/C24H44O4/c1-3-4-5-6-7-8-9-10-11-12-13-14-15-16-17-21-24(27)28-22(2)19-18-20-23(25)26/h10-11,22H,3-9,12-21H2,1-2H3,(H,25,26)/b11-10-. The Labute approximate surface area is 173 Å². The van der Waals surface area contributed by atoms with Gasteiger partial charge in [-0.1, -0.05) is 70.4 Å². The topological polar surface area (TPSA) is 63.6 Å². The number of allylic oxidation sites excluding steroid dienone is 2. The maximum atomic E-state index is 11.7. The molecule has 0 amide bonds. The number of hydrogen-bond donors (Lipinski definition) is 1. The highest BCUT2D eigenvalue weighted by Crippen LogP contribution is 2.11. The Bertz CT molecular complexity index is 403. The third kappa shape index (κ3) is 21.0. The second kappa shape index (κ2) is 20.4. The summed E-state index contributed by atoms with van der Waals surface area (Å²) in [7, 11) is 0. The third-order valence-electron chi connectivity index (χ3n) is 4.98. The lowest BCUT2D eigenvalue weighted by Gasteiger charge is -2.12. The van der Waals surface area contributed by atoms with Crippen LogP contribution >= 0.6 is 0 Å². The summed E-state index contributed by atoms with van der Waals surface area (Å²) < 4.78 is 5.31. The van der Waals surface area contributed by atoms with Gasteiger partial charge in [0.25, 0.3) is 0 Å². The van der Waals surface area contributed by atoms with Crippen LogP contribution in [0.1, 0.15) is 123 Å². The van der Waals surface area contributed by atoms with E-state index >= 15 is 0 Å². The fourth-order valence-electron chi connectivity index (χ4n) is 3.22. The van der Waals surface area contributed by atoms with Crippen molar-refractivity contribution >= 4 is 11.9 Å². The first-order valence-electron chi connectivity index (χ1n) is 11.6. The molecule has 0 bridgehead atoms. The van der Waals surface area contributed by atoms with Gasteiger partial charge in [0.2, 0.25) is 0 Å². The van der Waals surface area contributed by atoms with Crippen LogP contribution in [0.2, 0.25) is 0 Å². The Morgan fingerprint density at radius 3 is 1.89 bits per heavy atom. The molecule has 1 atom stereocenters. The van der Waals surface area contributed by atoms with Crippen LogP contribution in [-0.4, -0.2) is 23.1 Å². The molecule has 0 rings (SSSR count). The number of hydrogen-bond acceptors (Lipinski definition) is 3. The van der Waals surface area contributed by atoms with E-state index in [1.807, 2.05) is 6.92 Å². The highest BCUT2D eigenvalue weighted by molar-refractivity contribution is 5.69. The first kappa shape index (κ1) is 26.7. The van der Waals surface area contributed by atoms with Gasteiger partial charge < -0.3 is 9.84 Å². The molecule has 0 aromatic carbocycles. The van der Waals surface area contributed by atoms with E-state index in [-0.39, 0.29) is 18.5 Å². The number of carboxylic acid groups (broad SMARTS) is 1. The molecule has 0 radical (unpaired) electrons. The maximum Gasteiger partial charge on any atom is 0.306 e. The van der Waals surface area contributed by atoms with Gasteiger partial charge >= 0.3 is 11.9 Å². The summed E-state index contributed by atoms with van der Waals surface area (Å²) in [6, 6.07) is 0. The Kier molecular flexibility index (Phi) is 19.5. The molecule has 0 saturated carbocycles. The molecule has 0 aliphatic heterocycles. The molecule has 28 heavy (non-hydrogen) atoms. The van der Waals surface area contributed by atoms with Gasteiger partial charge in [-0.05, 0) is 51.9 Å². The number of carboxylic acids is 1.